The highest BCUT2D eigenvalue weighted by molar-refractivity contribution is 5.69. The van der Waals surface area contributed by atoms with Crippen molar-refractivity contribution in [2.75, 3.05) is 20.2 Å². The molecule has 4 heteroatoms. The van der Waals surface area contributed by atoms with Crippen LogP contribution in [0.4, 0.5) is 0 Å². The van der Waals surface area contributed by atoms with Gasteiger partial charge in [0.2, 0.25) is 0 Å². The summed E-state index contributed by atoms with van der Waals surface area (Å²) in [5.41, 5.74) is 2.33. The Morgan fingerprint density at radius 1 is 1.42 bits per heavy atom. The summed E-state index contributed by atoms with van der Waals surface area (Å²) in [6.07, 6.45) is 0. The zero-order chi connectivity index (χ0) is 14.3. The van der Waals surface area contributed by atoms with Crippen LogP contribution in [-0.4, -0.2) is 36.2 Å². The van der Waals surface area contributed by atoms with E-state index in [0.717, 1.165) is 18.7 Å². The summed E-state index contributed by atoms with van der Waals surface area (Å²) >= 11 is 0. The SMILES string of the molecule is CCN(Cc1cccc(COC)c1)CC(C)C(=O)O. The van der Waals surface area contributed by atoms with Crippen molar-refractivity contribution in [3.63, 3.8) is 0 Å². The number of rotatable bonds is 8. The number of ether oxygens (including phenoxy) is 1. The molecule has 1 unspecified atom stereocenters. The van der Waals surface area contributed by atoms with Crippen molar-refractivity contribution in [2.45, 2.75) is 27.0 Å². The molecule has 1 rings (SSSR count). The van der Waals surface area contributed by atoms with Crippen LogP contribution in [0, 0.1) is 5.92 Å². The minimum Gasteiger partial charge on any atom is -0.481 e. The first-order valence-corrected chi connectivity index (χ1v) is 6.58. The fourth-order valence-corrected chi connectivity index (χ4v) is 2.01. The summed E-state index contributed by atoms with van der Waals surface area (Å²) in [6, 6.07) is 8.21. The lowest BCUT2D eigenvalue weighted by Gasteiger charge is -2.22. The summed E-state index contributed by atoms with van der Waals surface area (Å²) in [7, 11) is 1.68. The average molecular weight is 265 g/mol. The van der Waals surface area contributed by atoms with Gasteiger partial charge in [-0.15, -0.1) is 0 Å². The predicted molar refractivity (Wildman–Crippen MR) is 74.9 cm³/mol. The first-order chi connectivity index (χ1) is 9.06. The van der Waals surface area contributed by atoms with Crippen LogP contribution in [0.15, 0.2) is 24.3 Å². The van der Waals surface area contributed by atoms with E-state index >= 15 is 0 Å². The van der Waals surface area contributed by atoms with Crippen LogP contribution in [-0.2, 0) is 22.7 Å². The third-order valence-electron chi connectivity index (χ3n) is 3.11. The van der Waals surface area contributed by atoms with Crippen molar-refractivity contribution < 1.29 is 14.6 Å². The summed E-state index contributed by atoms with van der Waals surface area (Å²) < 4.78 is 5.12. The van der Waals surface area contributed by atoms with E-state index in [1.165, 1.54) is 5.56 Å². The van der Waals surface area contributed by atoms with Gasteiger partial charge in [-0.2, -0.15) is 0 Å². The summed E-state index contributed by atoms with van der Waals surface area (Å²) in [5, 5.41) is 8.96. The molecule has 0 bridgehead atoms. The molecule has 1 atom stereocenters. The Bertz CT molecular complexity index is 406. The molecule has 0 amide bonds. The molecule has 0 fully saturated rings. The number of carboxylic acids is 1. The molecule has 0 aromatic heterocycles. The van der Waals surface area contributed by atoms with Gasteiger partial charge in [0.1, 0.15) is 0 Å². The number of hydrogen-bond acceptors (Lipinski definition) is 3. The molecule has 19 heavy (non-hydrogen) atoms. The first kappa shape index (κ1) is 15.7. The van der Waals surface area contributed by atoms with E-state index in [1.54, 1.807) is 14.0 Å². The zero-order valence-electron chi connectivity index (χ0n) is 11.9. The van der Waals surface area contributed by atoms with Crippen LogP contribution >= 0.6 is 0 Å². The maximum atomic E-state index is 10.9. The third kappa shape index (κ3) is 5.41. The minimum absolute atomic E-state index is 0.345. The second kappa shape index (κ2) is 7.92. The van der Waals surface area contributed by atoms with E-state index in [-0.39, 0.29) is 5.92 Å². The van der Waals surface area contributed by atoms with Gasteiger partial charge in [-0.05, 0) is 17.7 Å². The van der Waals surface area contributed by atoms with Gasteiger partial charge in [-0.1, -0.05) is 38.1 Å². The van der Waals surface area contributed by atoms with Gasteiger partial charge in [0.05, 0.1) is 12.5 Å². The molecule has 0 saturated carbocycles. The molecule has 0 heterocycles. The molecule has 0 spiro atoms. The maximum absolute atomic E-state index is 10.9. The van der Waals surface area contributed by atoms with Crippen molar-refractivity contribution in [3.8, 4) is 0 Å². The highest BCUT2D eigenvalue weighted by Crippen LogP contribution is 2.11. The average Bonchev–Trinajstić information content (AvgIpc) is 2.38. The van der Waals surface area contributed by atoms with Crippen molar-refractivity contribution >= 4 is 5.97 Å². The molecule has 106 valence electrons. The fraction of sp³-hybridized carbons (Fsp3) is 0.533. The van der Waals surface area contributed by atoms with Crippen molar-refractivity contribution in [1.29, 1.82) is 0 Å². The van der Waals surface area contributed by atoms with E-state index < -0.39 is 5.97 Å². The number of carboxylic acid groups (broad SMARTS) is 1. The summed E-state index contributed by atoms with van der Waals surface area (Å²) in [6.45, 7) is 6.57. The van der Waals surface area contributed by atoms with Crippen molar-refractivity contribution in [3.05, 3.63) is 35.4 Å². The Hall–Kier alpha value is -1.39. The normalized spacial score (nSPS) is 12.6. The summed E-state index contributed by atoms with van der Waals surface area (Å²) in [5.74, 6) is -1.09. The Morgan fingerprint density at radius 3 is 2.68 bits per heavy atom. The largest absolute Gasteiger partial charge is 0.481 e. The van der Waals surface area contributed by atoms with Gasteiger partial charge in [-0.25, -0.2) is 0 Å². The van der Waals surface area contributed by atoms with Crippen LogP contribution in [0.1, 0.15) is 25.0 Å². The van der Waals surface area contributed by atoms with Gasteiger partial charge in [-0.3, -0.25) is 9.69 Å². The Labute approximate surface area is 115 Å². The first-order valence-electron chi connectivity index (χ1n) is 6.58. The molecule has 4 nitrogen and oxygen atoms in total. The molecule has 0 radical (unpaired) electrons. The van der Waals surface area contributed by atoms with E-state index in [4.69, 9.17) is 9.84 Å². The van der Waals surface area contributed by atoms with E-state index in [1.807, 2.05) is 19.1 Å². The maximum Gasteiger partial charge on any atom is 0.307 e. The van der Waals surface area contributed by atoms with Gasteiger partial charge in [0.15, 0.2) is 0 Å². The van der Waals surface area contributed by atoms with E-state index in [0.29, 0.717) is 13.2 Å². The highest BCUT2D eigenvalue weighted by atomic mass is 16.5. The van der Waals surface area contributed by atoms with E-state index in [2.05, 4.69) is 17.0 Å². The van der Waals surface area contributed by atoms with Crippen LogP contribution in [0.2, 0.25) is 0 Å². The quantitative estimate of drug-likeness (QED) is 0.784. The molecule has 0 saturated heterocycles. The lowest BCUT2D eigenvalue weighted by Crippen LogP contribution is -2.31. The second-order valence-electron chi connectivity index (χ2n) is 4.82. The Kier molecular flexibility index (Phi) is 6.53. The number of nitrogens with zero attached hydrogens (tertiary/aromatic N) is 1. The number of aliphatic carboxylic acids is 1. The molecule has 0 aliphatic carbocycles. The predicted octanol–water partition coefficient (Wildman–Crippen LogP) is 2.38. The van der Waals surface area contributed by atoms with Crippen LogP contribution in [0.5, 0.6) is 0 Å². The van der Waals surface area contributed by atoms with E-state index in [9.17, 15) is 4.79 Å². The summed E-state index contributed by atoms with van der Waals surface area (Å²) in [4.78, 5) is 13.0. The Morgan fingerprint density at radius 2 is 2.11 bits per heavy atom. The van der Waals surface area contributed by atoms with Gasteiger partial charge < -0.3 is 9.84 Å². The Balaban J connectivity index is 2.64. The molecular weight excluding hydrogens is 242 g/mol. The van der Waals surface area contributed by atoms with Crippen LogP contribution < -0.4 is 0 Å². The third-order valence-corrected chi connectivity index (χ3v) is 3.11. The molecule has 1 N–H and O–H groups in total. The number of methoxy groups -OCH3 is 1. The lowest BCUT2D eigenvalue weighted by atomic mass is 10.1. The molecule has 0 aliphatic rings. The molecular formula is C15H23NO3. The number of carbonyl (C=O) groups is 1. The minimum atomic E-state index is -0.744. The number of hydrogen-bond donors (Lipinski definition) is 1. The van der Waals surface area contributed by atoms with Crippen molar-refractivity contribution in [1.82, 2.24) is 4.90 Å². The van der Waals surface area contributed by atoms with Gasteiger partial charge in [0, 0.05) is 20.2 Å². The topological polar surface area (TPSA) is 49.8 Å². The van der Waals surface area contributed by atoms with Crippen LogP contribution in [0.3, 0.4) is 0 Å². The number of benzene rings is 1. The smallest absolute Gasteiger partial charge is 0.307 e. The van der Waals surface area contributed by atoms with Gasteiger partial charge >= 0.3 is 5.97 Å². The standard InChI is InChI=1S/C15H23NO3/c1-4-16(9-12(2)15(17)18)10-13-6-5-7-14(8-13)11-19-3/h5-8,12H,4,9-11H2,1-3H3,(H,17,18). The highest BCUT2D eigenvalue weighted by Gasteiger charge is 2.15. The lowest BCUT2D eigenvalue weighted by molar-refractivity contribution is -0.141. The van der Waals surface area contributed by atoms with Crippen molar-refractivity contribution in [2.24, 2.45) is 5.92 Å². The zero-order valence-corrected chi connectivity index (χ0v) is 11.9. The molecule has 1 aromatic rings. The monoisotopic (exact) mass is 265 g/mol. The van der Waals surface area contributed by atoms with Crippen LogP contribution in [0.25, 0.3) is 0 Å². The molecule has 1 aromatic carbocycles. The fourth-order valence-electron chi connectivity index (χ4n) is 2.01. The molecule has 0 aliphatic heterocycles. The van der Waals surface area contributed by atoms with Gasteiger partial charge in [0.25, 0.3) is 0 Å². The second-order valence-corrected chi connectivity index (χ2v) is 4.82.